The number of hydrogen-bond acceptors (Lipinski definition) is 5. The zero-order chi connectivity index (χ0) is 14.4. The van der Waals surface area contributed by atoms with Crippen LogP contribution in [0.4, 0.5) is 4.79 Å². The minimum absolute atomic E-state index is 0.0323. The SMILES string of the molecule is N#Cc1ccc(COC(=O)CCN2CCSC2=O)cc1. The highest BCUT2D eigenvalue weighted by atomic mass is 32.2. The van der Waals surface area contributed by atoms with Gasteiger partial charge in [0.15, 0.2) is 0 Å². The summed E-state index contributed by atoms with van der Waals surface area (Å²) >= 11 is 1.28. The molecule has 1 aromatic carbocycles. The minimum Gasteiger partial charge on any atom is -0.461 e. The second-order valence-electron chi connectivity index (χ2n) is 4.32. The largest absolute Gasteiger partial charge is 0.461 e. The van der Waals surface area contributed by atoms with Crippen LogP contribution in [0.3, 0.4) is 0 Å². The van der Waals surface area contributed by atoms with Crippen LogP contribution < -0.4 is 0 Å². The maximum absolute atomic E-state index is 11.6. The van der Waals surface area contributed by atoms with E-state index < -0.39 is 0 Å². The van der Waals surface area contributed by atoms with Crippen LogP contribution in [0.5, 0.6) is 0 Å². The van der Waals surface area contributed by atoms with Gasteiger partial charge in [-0.2, -0.15) is 5.26 Å². The van der Waals surface area contributed by atoms with Crippen LogP contribution in [-0.2, 0) is 16.1 Å². The molecule has 1 saturated heterocycles. The number of ether oxygens (including phenoxy) is 1. The molecule has 0 saturated carbocycles. The first-order chi connectivity index (χ1) is 9.69. The molecular weight excluding hydrogens is 276 g/mol. The van der Waals surface area contributed by atoms with E-state index in [0.29, 0.717) is 18.7 Å². The van der Waals surface area contributed by atoms with Gasteiger partial charge in [-0.3, -0.25) is 9.59 Å². The quantitative estimate of drug-likeness (QED) is 0.777. The van der Waals surface area contributed by atoms with Crippen molar-refractivity contribution in [3.8, 4) is 6.07 Å². The number of amides is 1. The third-order valence-corrected chi connectivity index (χ3v) is 3.81. The van der Waals surface area contributed by atoms with Crippen molar-refractivity contribution in [2.24, 2.45) is 0 Å². The zero-order valence-corrected chi connectivity index (χ0v) is 11.7. The van der Waals surface area contributed by atoms with E-state index >= 15 is 0 Å². The maximum Gasteiger partial charge on any atom is 0.307 e. The summed E-state index contributed by atoms with van der Waals surface area (Å²) in [6.07, 6.45) is 0.211. The molecule has 0 unspecified atom stereocenters. The number of carbonyl (C=O) groups is 2. The van der Waals surface area contributed by atoms with Crippen LogP contribution in [0, 0.1) is 11.3 Å². The number of thioether (sulfide) groups is 1. The predicted molar refractivity (Wildman–Crippen MR) is 75.0 cm³/mol. The number of nitriles is 1. The molecule has 1 aliphatic heterocycles. The lowest BCUT2D eigenvalue weighted by Crippen LogP contribution is -2.26. The van der Waals surface area contributed by atoms with E-state index in [1.54, 1.807) is 29.2 Å². The normalized spacial score (nSPS) is 14.2. The summed E-state index contributed by atoms with van der Waals surface area (Å²) in [6.45, 7) is 1.30. The fourth-order valence-corrected chi connectivity index (χ4v) is 2.62. The standard InChI is InChI=1S/C14H14N2O3S/c15-9-11-1-3-12(4-2-11)10-19-13(17)5-6-16-7-8-20-14(16)18/h1-4H,5-8,10H2. The summed E-state index contributed by atoms with van der Waals surface area (Å²) in [7, 11) is 0. The van der Waals surface area contributed by atoms with Gasteiger partial charge in [-0.25, -0.2) is 0 Å². The zero-order valence-electron chi connectivity index (χ0n) is 10.9. The highest BCUT2D eigenvalue weighted by Crippen LogP contribution is 2.17. The van der Waals surface area contributed by atoms with Crippen LogP contribution in [0.25, 0.3) is 0 Å². The molecule has 5 nitrogen and oxygen atoms in total. The Kier molecular flexibility index (Phi) is 5.02. The van der Waals surface area contributed by atoms with Crippen LogP contribution in [0.1, 0.15) is 17.5 Å². The second kappa shape index (κ2) is 6.96. The monoisotopic (exact) mass is 290 g/mol. The average molecular weight is 290 g/mol. The summed E-state index contributed by atoms with van der Waals surface area (Å²) in [5.41, 5.74) is 1.41. The van der Waals surface area contributed by atoms with Crippen LogP contribution in [0.15, 0.2) is 24.3 Å². The fourth-order valence-electron chi connectivity index (χ4n) is 1.77. The second-order valence-corrected chi connectivity index (χ2v) is 5.37. The van der Waals surface area contributed by atoms with Gasteiger partial charge in [-0.05, 0) is 17.7 Å². The van der Waals surface area contributed by atoms with Crippen molar-refractivity contribution in [1.29, 1.82) is 5.26 Å². The minimum atomic E-state index is -0.320. The molecule has 1 amide bonds. The van der Waals surface area contributed by atoms with Crippen molar-refractivity contribution < 1.29 is 14.3 Å². The molecule has 0 spiro atoms. The Labute approximate surface area is 121 Å². The van der Waals surface area contributed by atoms with E-state index in [9.17, 15) is 9.59 Å². The van der Waals surface area contributed by atoms with Crippen LogP contribution >= 0.6 is 11.8 Å². The van der Waals surface area contributed by atoms with Gasteiger partial charge < -0.3 is 9.64 Å². The van der Waals surface area contributed by atoms with Gasteiger partial charge in [-0.15, -0.1) is 0 Å². The van der Waals surface area contributed by atoms with E-state index in [2.05, 4.69) is 0 Å². The summed E-state index contributed by atoms with van der Waals surface area (Å²) < 4.78 is 5.13. The molecule has 1 heterocycles. The number of esters is 1. The number of rotatable bonds is 5. The highest BCUT2D eigenvalue weighted by Gasteiger charge is 2.21. The molecule has 0 atom stereocenters. The smallest absolute Gasteiger partial charge is 0.307 e. The molecule has 0 bridgehead atoms. The van der Waals surface area contributed by atoms with Crippen molar-refractivity contribution in [2.75, 3.05) is 18.8 Å². The number of benzene rings is 1. The lowest BCUT2D eigenvalue weighted by molar-refractivity contribution is -0.145. The number of nitrogens with zero attached hydrogens (tertiary/aromatic N) is 2. The van der Waals surface area contributed by atoms with E-state index in [1.807, 2.05) is 6.07 Å². The topological polar surface area (TPSA) is 70.4 Å². The van der Waals surface area contributed by atoms with Gasteiger partial charge >= 0.3 is 5.97 Å². The van der Waals surface area contributed by atoms with E-state index in [0.717, 1.165) is 11.3 Å². The Morgan fingerprint density at radius 3 is 2.75 bits per heavy atom. The van der Waals surface area contributed by atoms with Crippen LogP contribution in [0.2, 0.25) is 0 Å². The molecule has 6 heteroatoms. The van der Waals surface area contributed by atoms with Crippen molar-refractivity contribution >= 4 is 23.0 Å². The lowest BCUT2D eigenvalue weighted by atomic mass is 10.2. The van der Waals surface area contributed by atoms with Gasteiger partial charge in [0.2, 0.25) is 0 Å². The lowest BCUT2D eigenvalue weighted by Gasteiger charge is -2.13. The van der Waals surface area contributed by atoms with E-state index in [-0.39, 0.29) is 24.2 Å². The molecule has 20 heavy (non-hydrogen) atoms. The third kappa shape index (κ3) is 4.00. The number of carbonyl (C=O) groups excluding carboxylic acids is 2. The maximum atomic E-state index is 11.6. The van der Waals surface area contributed by atoms with Crippen molar-refractivity contribution in [2.45, 2.75) is 13.0 Å². The summed E-state index contributed by atoms with van der Waals surface area (Å²) in [5, 5.41) is 8.70. The molecule has 2 rings (SSSR count). The Hall–Kier alpha value is -2.00. The van der Waals surface area contributed by atoms with Crippen molar-refractivity contribution in [1.82, 2.24) is 4.90 Å². The molecule has 1 aromatic rings. The van der Waals surface area contributed by atoms with Crippen LogP contribution in [-0.4, -0.2) is 35.0 Å². The Morgan fingerprint density at radius 2 is 2.15 bits per heavy atom. The first-order valence-electron chi connectivity index (χ1n) is 6.25. The molecule has 1 aliphatic rings. The molecule has 0 aromatic heterocycles. The fraction of sp³-hybridized carbons (Fsp3) is 0.357. The summed E-state index contributed by atoms with van der Waals surface area (Å²) in [5.74, 6) is 0.470. The molecule has 0 radical (unpaired) electrons. The first kappa shape index (κ1) is 14.4. The van der Waals surface area contributed by atoms with Crippen molar-refractivity contribution in [3.05, 3.63) is 35.4 Å². The summed E-state index contributed by atoms with van der Waals surface area (Å²) in [4.78, 5) is 24.6. The number of hydrogen-bond donors (Lipinski definition) is 0. The molecule has 104 valence electrons. The van der Waals surface area contributed by atoms with Gasteiger partial charge in [0.05, 0.1) is 18.1 Å². The average Bonchev–Trinajstić information content (AvgIpc) is 2.89. The molecular formula is C14H14N2O3S. The van der Waals surface area contributed by atoms with Gasteiger partial charge in [0.1, 0.15) is 6.61 Å². The first-order valence-corrected chi connectivity index (χ1v) is 7.24. The van der Waals surface area contributed by atoms with Gasteiger partial charge in [0, 0.05) is 18.8 Å². The molecule has 1 fully saturated rings. The Morgan fingerprint density at radius 1 is 1.40 bits per heavy atom. The summed E-state index contributed by atoms with van der Waals surface area (Å²) in [6, 6.07) is 8.91. The van der Waals surface area contributed by atoms with E-state index in [1.165, 1.54) is 11.8 Å². The highest BCUT2D eigenvalue weighted by molar-refractivity contribution is 8.13. The van der Waals surface area contributed by atoms with Gasteiger partial charge in [-0.1, -0.05) is 23.9 Å². The molecule has 0 aliphatic carbocycles. The molecule has 0 N–H and O–H groups in total. The van der Waals surface area contributed by atoms with E-state index in [4.69, 9.17) is 10.00 Å². The van der Waals surface area contributed by atoms with Gasteiger partial charge in [0.25, 0.3) is 5.24 Å². The Balaban J connectivity index is 1.71. The van der Waals surface area contributed by atoms with Crippen molar-refractivity contribution in [3.63, 3.8) is 0 Å². The Bertz CT molecular complexity index is 536. The predicted octanol–water partition coefficient (Wildman–Crippen LogP) is 2.16. The third-order valence-electron chi connectivity index (χ3n) is 2.91.